The first kappa shape index (κ1) is 24.2. The van der Waals surface area contributed by atoms with E-state index in [-0.39, 0.29) is 6.17 Å². The number of hydrazine groups is 1. The number of amides is 1. The van der Waals surface area contributed by atoms with E-state index in [0.29, 0.717) is 37.8 Å². The van der Waals surface area contributed by atoms with Gasteiger partial charge >= 0.3 is 0 Å². The topological polar surface area (TPSA) is 88.1 Å². The van der Waals surface area contributed by atoms with Crippen LogP contribution in [0.4, 0.5) is 5.82 Å². The van der Waals surface area contributed by atoms with E-state index in [0.717, 1.165) is 41.0 Å². The lowest BCUT2D eigenvalue weighted by molar-refractivity contribution is -0.108. The van der Waals surface area contributed by atoms with Gasteiger partial charge in [-0.15, -0.1) is 0 Å². The van der Waals surface area contributed by atoms with Crippen LogP contribution in [0.25, 0.3) is 11.1 Å². The Hall–Kier alpha value is -3.91. The standard InChI is InChI=1S/C27H31N5O3/c1-3-34-14-7-15-35-23-11-10-20(2)24(18-23)22-12-13-28-25(17-22)32-26(30-27(31-32)29-19-33)16-21-8-5-4-6-9-21/h4-6,8-13,17-19,26H,3,7,14-16H2,1-2H3,(H2,29,30,31,33). The monoisotopic (exact) mass is 473 g/mol. The summed E-state index contributed by atoms with van der Waals surface area (Å²) in [5.41, 5.74) is 7.54. The maximum Gasteiger partial charge on any atom is 0.219 e. The van der Waals surface area contributed by atoms with E-state index in [9.17, 15) is 4.79 Å². The molecule has 8 nitrogen and oxygen atoms in total. The molecule has 2 heterocycles. The number of hydrogen-bond donors (Lipinski definition) is 2. The van der Waals surface area contributed by atoms with E-state index in [1.54, 1.807) is 6.20 Å². The van der Waals surface area contributed by atoms with Crippen LogP contribution in [0.5, 0.6) is 5.75 Å². The Morgan fingerprint density at radius 1 is 1.11 bits per heavy atom. The van der Waals surface area contributed by atoms with Crippen molar-refractivity contribution in [1.29, 1.82) is 0 Å². The third-order valence-electron chi connectivity index (χ3n) is 5.68. The number of aryl methyl sites for hydroxylation is 1. The number of nitrogens with one attached hydrogen (secondary N) is 2. The van der Waals surface area contributed by atoms with Crippen LogP contribution in [0.15, 0.2) is 71.9 Å². The van der Waals surface area contributed by atoms with Crippen molar-refractivity contribution >= 4 is 18.2 Å². The highest BCUT2D eigenvalue weighted by Crippen LogP contribution is 2.30. The number of benzene rings is 2. The zero-order valence-corrected chi connectivity index (χ0v) is 20.1. The highest BCUT2D eigenvalue weighted by Gasteiger charge is 2.28. The first-order valence-corrected chi connectivity index (χ1v) is 11.8. The van der Waals surface area contributed by atoms with Gasteiger partial charge in [0.15, 0.2) is 0 Å². The van der Waals surface area contributed by atoms with Crippen LogP contribution in [0.3, 0.4) is 0 Å². The van der Waals surface area contributed by atoms with Crippen LogP contribution in [0.2, 0.25) is 0 Å². The average molecular weight is 474 g/mol. The van der Waals surface area contributed by atoms with Crippen molar-refractivity contribution in [3.63, 3.8) is 0 Å². The molecule has 1 atom stereocenters. The Balaban J connectivity index is 1.55. The molecule has 0 aliphatic carbocycles. The lowest BCUT2D eigenvalue weighted by Crippen LogP contribution is -2.46. The van der Waals surface area contributed by atoms with Gasteiger partial charge in [-0.25, -0.2) is 15.0 Å². The lowest BCUT2D eigenvalue weighted by atomic mass is 10.0. The molecular formula is C27H31N5O3. The van der Waals surface area contributed by atoms with Gasteiger partial charge in [0, 0.05) is 32.3 Å². The van der Waals surface area contributed by atoms with Gasteiger partial charge in [0.2, 0.25) is 12.4 Å². The van der Waals surface area contributed by atoms with Crippen molar-refractivity contribution in [2.24, 2.45) is 4.99 Å². The van der Waals surface area contributed by atoms with E-state index >= 15 is 0 Å². The van der Waals surface area contributed by atoms with Crippen molar-refractivity contribution in [3.05, 3.63) is 78.0 Å². The summed E-state index contributed by atoms with van der Waals surface area (Å²) in [7, 11) is 0. The first-order valence-electron chi connectivity index (χ1n) is 11.8. The molecule has 1 aliphatic rings. The fourth-order valence-corrected chi connectivity index (χ4v) is 3.94. The Kier molecular flexibility index (Phi) is 8.30. The number of guanidine groups is 1. The number of carbonyl (C=O) groups excluding carboxylic acids is 1. The second-order valence-electron chi connectivity index (χ2n) is 8.17. The smallest absolute Gasteiger partial charge is 0.219 e. The molecule has 3 aromatic rings. The van der Waals surface area contributed by atoms with Gasteiger partial charge in [0.05, 0.1) is 6.61 Å². The molecule has 35 heavy (non-hydrogen) atoms. The van der Waals surface area contributed by atoms with Crippen LogP contribution in [-0.2, 0) is 16.0 Å². The SMILES string of the molecule is CCOCCCOc1ccc(C)c(-c2ccnc(N3NC(NC=O)=NC3Cc3ccccc3)c2)c1. The van der Waals surface area contributed by atoms with Crippen LogP contribution < -0.4 is 20.5 Å². The van der Waals surface area contributed by atoms with Crippen LogP contribution >= 0.6 is 0 Å². The highest BCUT2D eigenvalue weighted by atomic mass is 16.5. The van der Waals surface area contributed by atoms with E-state index in [2.05, 4.69) is 51.9 Å². The maximum absolute atomic E-state index is 11.0. The Labute approximate surface area is 206 Å². The fourth-order valence-electron chi connectivity index (χ4n) is 3.94. The van der Waals surface area contributed by atoms with Gasteiger partial charge in [0.1, 0.15) is 17.7 Å². The summed E-state index contributed by atoms with van der Waals surface area (Å²) < 4.78 is 11.3. The molecule has 0 saturated heterocycles. The summed E-state index contributed by atoms with van der Waals surface area (Å²) in [6.07, 6.45) is 3.64. The first-order chi connectivity index (χ1) is 17.2. The number of anilines is 1. The molecule has 1 aromatic heterocycles. The van der Waals surface area contributed by atoms with Gasteiger partial charge in [-0.3, -0.25) is 15.5 Å². The number of carbonyl (C=O) groups is 1. The molecule has 8 heteroatoms. The number of ether oxygens (including phenoxy) is 2. The third-order valence-corrected chi connectivity index (χ3v) is 5.68. The van der Waals surface area contributed by atoms with Crippen molar-refractivity contribution < 1.29 is 14.3 Å². The zero-order valence-electron chi connectivity index (χ0n) is 20.1. The number of rotatable bonds is 11. The summed E-state index contributed by atoms with van der Waals surface area (Å²) in [5.74, 6) is 1.92. The minimum atomic E-state index is -0.260. The zero-order chi connectivity index (χ0) is 24.5. The molecule has 2 aromatic carbocycles. The molecule has 0 fully saturated rings. The van der Waals surface area contributed by atoms with E-state index in [4.69, 9.17) is 9.47 Å². The van der Waals surface area contributed by atoms with Crippen molar-refractivity contribution in [2.75, 3.05) is 24.8 Å². The van der Waals surface area contributed by atoms with Gasteiger partial charge in [-0.05, 0) is 60.4 Å². The molecule has 2 N–H and O–H groups in total. The van der Waals surface area contributed by atoms with Crippen molar-refractivity contribution in [1.82, 2.24) is 15.7 Å². The number of hydrogen-bond acceptors (Lipinski definition) is 7. The largest absolute Gasteiger partial charge is 0.493 e. The summed E-state index contributed by atoms with van der Waals surface area (Å²) in [6.45, 7) is 6.08. The molecule has 1 unspecified atom stereocenters. The Morgan fingerprint density at radius 2 is 1.97 bits per heavy atom. The molecule has 1 aliphatic heterocycles. The maximum atomic E-state index is 11.0. The number of aromatic nitrogens is 1. The summed E-state index contributed by atoms with van der Waals surface area (Å²) in [4.78, 5) is 20.3. The second-order valence-corrected chi connectivity index (χ2v) is 8.17. The number of aliphatic imine (C=N–C) groups is 1. The quantitative estimate of drug-likeness (QED) is 0.325. The molecule has 0 spiro atoms. The lowest BCUT2D eigenvalue weighted by Gasteiger charge is -2.24. The van der Waals surface area contributed by atoms with Crippen LogP contribution in [-0.4, -0.2) is 43.3 Å². The van der Waals surface area contributed by atoms with E-state index in [1.807, 2.05) is 48.3 Å². The minimum Gasteiger partial charge on any atom is -0.493 e. The highest BCUT2D eigenvalue weighted by molar-refractivity contribution is 5.91. The van der Waals surface area contributed by atoms with Crippen molar-refractivity contribution in [3.8, 4) is 16.9 Å². The normalized spacial score (nSPS) is 14.9. The van der Waals surface area contributed by atoms with E-state index in [1.165, 1.54) is 0 Å². The minimum absolute atomic E-state index is 0.260. The molecule has 1 amide bonds. The molecule has 0 radical (unpaired) electrons. The molecule has 182 valence electrons. The molecule has 0 bridgehead atoms. The molecule has 0 saturated carbocycles. The molecular weight excluding hydrogens is 442 g/mol. The molecule has 4 rings (SSSR count). The van der Waals surface area contributed by atoms with Gasteiger partial charge in [0.25, 0.3) is 0 Å². The number of pyridine rings is 1. The summed E-state index contributed by atoms with van der Waals surface area (Å²) in [6, 6.07) is 20.2. The Bertz CT molecular complexity index is 1150. The average Bonchev–Trinajstić information content (AvgIpc) is 3.28. The van der Waals surface area contributed by atoms with E-state index < -0.39 is 0 Å². The van der Waals surface area contributed by atoms with Crippen molar-refractivity contribution in [2.45, 2.75) is 32.9 Å². The second kappa shape index (κ2) is 12.0. The summed E-state index contributed by atoms with van der Waals surface area (Å²) in [5, 5.41) is 4.50. The van der Waals surface area contributed by atoms with Gasteiger partial charge in [-0.2, -0.15) is 0 Å². The van der Waals surface area contributed by atoms with Gasteiger partial charge < -0.3 is 9.47 Å². The predicted molar refractivity (Wildman–Crippen MR) is 137 cm³/mol. The summed E-state index contributed by atoms with van der Waals surface area (Å²) >= 11 is 0. The van der Waals surface area contributed by atoms with Crippen LogP contribution in [0, 0.1) is 6.92 Å². The van der Waals surface area contributed by atoms with Gasteiger partial charge in [-0.1, -0.05) is 36.4 Å². The number of nitrogens with zero attached hydrogens (tertiary/aromatic N) is 3. The predicted octanol–water partition coefficient (Wildman–Crippen LogP) is 3.86. The van der Waals surface area contributed by atoms with Crippen LogP contribution in [0.1, 0.15) is 24.5 Å². The fraction of sp³-hybridized carbons (Fsp3) is 0.296. The third kappa shape index (κ3) is 6.36. The Morgan fingerprint density at radius 3 is 2.77 bits per heavy atom.